The summed E-state index contributed by atoms with van der Waals surface area (Å²) >= 11 is 6.02. The van der Waals surface area contributed by atoms with Gasteiger partial charge in [0.25, 0.3) is 5.56 Å². The second-order valence-electron chi connectivity index (χ2n) is 6.76. The van der Waals surface area contributed by atoms with E-state index in [1.807, 2.05) is 12.1 Å². The molecule has 1 N–H and O–H groups in total. The Morgan fingerprint density at radius 1 is 1.30 bits per heavy atom. The fourth-order valence-electron chi connectivity index (χ4n) is 3.54. The molecular weight excluding hydrogens is 368 g/mol. The molecule has 1 aliphatic heterocycles. The molecule has 0 unspecified atom stereocenters. The van der Waals surface area contributed by atoms with E-state index in [0.717, 1.165) is 16.8 Å². The Morgan fingerprint density at radius 3 is 2.67 bits per heavy atom. The minimum absolute atomic E-state index is 0.0639. The highest BCUT2D eigenvalue weighted by atomic mass is 35.5. The molecule has 0 saturated carbocycles. The predicted octanol–water partition coefficient (Wildman–Crippen LogP) is 2.44. The summed E-state index contributed by atoms with van der Waals surface area (Å²) < 4.78 is 6.71. The van der Waals surface area contributed by atoms with Gasteiger partial charge in [-0.3, -0.25) is 14.7 Å². The number of H-pyrrole nitrogens is 1. The number of amides is 1. The van der Waals surface area contributed by atoms with E-state index in [1.165, 1.54) is 10.6 Å². The van der Waals surface area contributed by atoms with Crippen molar-refractivity contribution in [2.45, 2.75) is 18.9 Å². The number of aromatic nitrogens is 3. The van der Waals surface area contributed by atoms with Gasteiger partial charge in [-0.15, -0.1) is 0 Å². The van der Waals surface area contributed by atoms with Crippen LogP contribution in [0.2, 0.25) is 5.02 Å². The van der Waals surface area contributed by atoms with Crippen LogP contribution in [0.3, 0.4) is 0 Å². The van der Waals surface area contributed by atoms with Crippen molar-refractivity contribution in [2.75, 3.05) is 20.7 Å². The maximum atomic E-state index is 12.7. The smallest absolute Gasteiger partial charge is 0.272 e. The van der Waals surface area contributed by atoms with Crippen molar-refractivity contribution < 1.29 is 9.53 Å². The van der Waals surface area contributed by atoms with E-state index in [0.29, 0.717) is 35.9 Å². The summed E-state index contributed by atoms with van der Waals surface area (Å²) in [5.74, 6) is -0.0203. The zero-order valence-electron chi connectivity index (χ0n) is 15.0. The second-order valence-corrected chi connectivity index (χ2v) is 7.20. The van der Waals surface area contributed by atoms with Gasteiger partial charge in [0, 0.05) is 49.7 Å². The zero-order valence-corrected chi connectivity index (χ0v) is 15.8. The summed E-state index contributed by atoms with van der Waals surface area (Å²) in [4.78, 5) is 31.0. The number of carbonyl (C=O) groups is 1. The van der Waals surface area contributed by atoms with Crippen molar-refractivity contribution in [3.05, 3.63) is 57.1 Å². The van der Waals surface area contributed by atoms with Crippen molar-refractivity contribution in [3.63, 3.8) is 0 Å². The van der Waals surface area contributed by atoms with E-state index in [4.69, 9.17) is 21.3 Å². The van der Waals surface area contributed by atoms with E-state index in [-0.39, 0.29) is 17.4 Å². The van der Waals surface area contributed by atoms with E-state index in [1.54, 1.807) is 31.2 Å². The number of aromatic amines is 1. The average molecular weight is 387 g/mol. The number of rotatable bonds is 4. The number of nitrogens with zero attached hydrogens (tertiary/aromatic N) is 3. The molecule has 8 heteroatoms. The van der Waals surface area contributed by atoms with Crippen LogP contribution in [0.15, 0.2) is 35.1 Å². The molecule has 2 aromatic heterocycles. The van der Waals surface area contributed by atoms with Crippen LogP contribution >= 0.6 is 11.6 Å². The first kappa shape index (κ1) is 17.8. The molecule has 27 heavy (non-hydrogen) atoms. The second kappa shape index (κ2) is 6.83. The SMILES string of the molecule is COCc1[nH]n2c(=O)cc([C@@H]3CC(=O)N(C)C3)nc2c1-c1ccc(Cl)cc1. The number of carbonyl (C=O) groups excluding carboxylic acids is 1. The van der Waals surface area contributed by atoms with Gasteiger partial charge in [0.2, 0.25) is 5.91 Å². The monoisotopic (exact) mass is 386 g/mol. The van der Waals surface area contributed by atoms with Crippen LogP contribution in [0, 0.1) is 0 Å². The predicted molar refractivity (Wildman–Crippen MR) is 102 cm³/mol. The van der Waals surface area contributed by atoms with Gasteiger partial charge in [-0.1, -0.05) is 23.7 Å². The Balaban J connectivity index is 1.91. The number of likely N-dealkylation sites (tertiary alicyclic amines) is 1. The van der Waals surface area contributed by atoms with Crippen molar-refractivity contribution >= 4 is 23.2 Å². The minimum Gasteiger partial charge on any atom is -0.378 e. The van der Waals surface area contributed by atoms with Crippen LogP contribution in [0.1, 0.15) is 23.7 Å². The van der Waals surface area contributed by atoms with Gasteiger partial charge in [-0.25, -0.2) is 9.50 Å². The molecule has 0 bridgehead atoms. The Bertz CT molecular complexity index is 1070. The number of hydrogen-bond donors (Lipinski definition) is 1. The van der Waals surface area contributed by atoms with Gasteiger partial charge < -0.3 is 9.64 Å². The lowest BCUT2D eigenvalue weighted by Gasteiger charge is -2.10. The van der Waals surface area contributed by atoms with E-state index >= 15 is 0 Å². The van der Waals surface area contributed by atoms with Gasteiger partial charge in [0.05, 0.1) is 18.0 Å². The van der Waals surface area contributed by atoms with Gasteiger partial charge >= 0.3 is 0 Å². The first-order chi connectivity index (χ1) is 13.0. The van der Waals surface area contributed by atoms with Crippen LogP contribution in [-0.4, -0.2) is 46.1 Å². The third kappa shape index (κ3) is 3.13. The molecule has 1 aliphatic rings. The number of benzene rings is 1. The molecule has 1 aromatic carbocycles. The minimum atomic E-state index is -0.213. The topological polar surface area (TPSA) is 79.7 Å². The highest BCUT2D eigenvalue weighted by Gasteiger charge is 2.30. The van der Waals surface area contributed by atoms with Gasteiger partial charge in [-0.05, 0) is 17.7 Å². The molecule has 140 valence electrons. The molecule has 7 nitrogen and oxygen atoms in total. The Kier molecular flexibility index (Phi) is 4.49. The van der Waals surface area contributed by atoms with Crippen LogP contribution in [0.5, 0.6) is 0 Å². The third-order valence-corrected chi connectivity index (χ3v) is 5.14. The van der Waals surface area contributed by atoms with Crippen LogP contribution in [0.25, 0.3) is 16.8 Å². The number of halogens is 1. The number of hydrogen-bond acceptors (Lipinski definition) is 4. The number of ether oxygens (including phenoxy) is 1. The zero-order chi connectivity index (χ0) is 19.1. The molecule has 3 aromatic rings. The van der Waals surface area contributed by atoms with Crippen molar-refractivity contribution in [1.82, 2.24) is 19.5 Å². The standard InChI is InChI=1S/C19H19ClN4O3/c1-23-9-12(7-16(23)25)14-8-17(26)24-19(21-14)18(15(22-24)10-27-2)11-3-5-13(20)6-4-11/h3-6,8,12,22H,7,9-10H2,1-2H3/t12-/m1/s1. The molecule has 1 atom stereocenters. The normalized spacial score (nSPS) is 17.2. The van der Waals surface area contributed by atoms with Crippen LogP contribution in [0.4, 0.5) is 0 Å². The fourth-order valence-corrected chi connectivity index (χ4v) is 3.67. The molecule has 4 rings (SSSR count). The quantitative estimate of drug-likeness (QED) is 0.746. The van der Waals surface area contributed by atoms with E-state index in [9.17, 15) is 9.59 Å². The van der Waals surface area contributed by atoms with Crippen molar-refractivity contribution in [3.8, 4) is 11.1 Å². The van der Waals surface area contributed by atoms with E-state index in [2.05, 4.69) is 5.10 Å². The highest BCUT2D eigenvalue weighted by molar-refractivity contribution is 6.30. The van der Waals surface area contributed by atoms with Crippen LogP contribution < -0.4 is 5.56 Å². The molecule has 0 spiro atoms. The first-order valence-corrected chi connectivity index (χ1v) is 8.99. The molecule has 1 amide bonds. The number of likely N-dealkylation sites (N-methyl/N-ethyl adjacent to an activating group) is 1. The Labute approximate surface area is 160 Å². The fraction of sp³-hybridized carbons (Fsp3) is 0.316. The molecular formula is C19H19ClN4O3. The Hall–Kier alpha value is -2.64. The van der Waals surface area contributed by atoms with E-state index < -0.39 is 0 Å². The van der Waals surface area contributed by atoms with Crippen LogP contribution in [-0.2, 0) is 16.1 Å². The molecule has 1 saturated heterocycles. The lowest BCUT2D eigenvalue weighted by atomic mass is 10.0. The lowest BCUT2D eigenvalue weighted by Crippen LogP contribution is -2.20. The maximum absolute atomic E-state index is 12.7. The summed E-state index contributed by atoms with van der Waals surface area (Å²) in [5, 5.41) is 3.72. The van der Waals surface area contributed by atoms with Gasteiger partial charge in [-0.2, -0.15) is 0 Å². The summed E-state index contributed by atoms with van der Waals surface area (Å²) in [6.07, 6.45) is 0.366. The molecule has 0 radical (unpaired) electrons. The highest BCUT2D eigenvalue weighted by Crippen LogP contribution is 2.31. The largest absolute Gasteiger partial charge is 0.378 e. The maximum Gasteiger partial charge on any atom is 0.272 e. The summed E-state index contributed by atoms with van der Waals surface area (Å²) in [7, 11) is 3.36. The summed E-state index contributed by atoms with van der Waals surface area (Å²) in [6.45, 7) is 0.869. The van der Waals surface area contributed by atoms with Gasteiger partial charge in [0.15, 0.2) is 5.65 Å². The Morgan fingerprint density at radius 2 is 2.04 bits per heavy atom. The third-order valence-electron chi connectivity index (χ3n) is 4.89. The van der Waals surface area contributed by atoms with Crippen molar-refractivity contribution in [2.24, 2.45) is 0 Å². The number of fused-ring (bicyclic) bond motifs is 1. The van der Waals surface area contributed by atoms with Crippen molar-refractivity contribution in [1.29, 1.82) is 0 Å². The summed E-state index contributed by atoms with van der Waals surface area (Å²) in [6, 6.07) is 8.86. The molecule has 3 heterocycles. The van der Waals surface area contributed by atoms with Gasteiger partial charge in [0.1, 0.15) is 0 Å². The number of methoxy groups -OCH3 is 1. The lowest BCUT2D eigenvalue weighted by molar-refractivity contribution is -0.126. The average Bonchev–Trinajstić information content (AvgIpc) is 3.17. The number of nitrogens with one attached hydrogen (secondary N) is 1. The first-order valence-electron chi connectivity index (χ1n) is 8.61. The molecule has 0 aliphatic carbocycles. The molecule has 1 fully saturated rings. The summed E-state index contributed by atoms with van der Waals surface area (Å²) in [5.41, 5.74) is 3.37.